The monoisotopic (exact) mass is 294 g/mol. The van der Waals surface area contributed by atoms with Gasteiger partial charge in [-0.15, -0.1) is 5.10 Å². The second-order valence-corrected chi connectivity index (χ2v) is 4.60. The first-order chi connectivity index (χ1) is 9.49. The molecule has 20 heavy (non-hydrogen) atoms. The van der Waals surface area contributed by atoms with Crippen LogP contribution in [0.3, 0.4) is 0 Å². The van der Waals surface area contributed by atoms with Gasteiger partial charge in [0.25, 0.3) is 0 Å². The van der Waals surface area contributed by atoms with Gasteiger partial charge in [0, 0.05) is 12.1 Å². The molecule has 0 saturated carbocycles. The molecule has 0 aliphatic heterocycles. The molecule has 0 bridgehead atoms. The molecule has 0 spiro atoms. The molecule has 1 heterocycles. The van der Waals surface area contributed by atoms with E-state index in [1.165, 1.54) is 11.8 Å². The zero-order chi connectivity index (χ0) is 14.9. The molecule has 1 aromatic carbocycles. The summed E-state index contributed by atoms with van der Waals surface area (Å²) in [5, 5.41) is 7.68. The predicted molar refractivity (Wildman–Crippen MR) is 78.6 cm³/mol. The molecule has 0 amide bonds. The SMILES string of the molecule is CNc1nn(-c2ccc(C)c(Cl)c2)c(N)c1C(=O)OC. The second-order valence-electron chi connectivity index (χ2n) is 4.20. The first kappa shape index (κ1) is 14.2. The summed E-state index contributed by atoms with van der Waals surface area (Å²) in [7, 11) is 2.95. The number of hydrogen-bond acceptors (Lipinski definition) is 5. The van der Waals surface area contributed by atoms with Gasteiger partial charge in [0.05, 0.1) is 12.8 Å². The van der Waals surface area contributed by atoms with Crippen LogP contribution in [0.25, 0.3) is 5.69 Å². The molecule has 0 radical (unpaired) electrons. The van der Waals surface area contributed by atoms with Gasteiger partial charge in [-0.3, -0.25) is 0 Å². The summed E-state index contributed by atoms with van der Waals surface area (Å²) < 4.78 is 6.16. The number of rotatable bonds is 3. The molecule has 0 aliphatic rings. The van der Waals surface area contributed by atoms with Crippen molar-refractivity contribution in [3.8, 4) is 5.69 Å². The van der Waals surface area contributed by atoms with Crippen LogP contribution in [-0.2, 0) is 4.74 Å². The number of carbonyl (C=O) groups excluding carboxylic acids is 1. The molecule has 0 saturated heterocycles. The van der Waals surface area contributed by atoms with Crippen LogP contribution >= 0.6 is 11.6 Å². The summed E-state index contributed by atoms with van der Waals surface area (Å²) in [6.07, 6.45) is 0. The Bertz CT molecular complexity index is 667. The summed E-state index contributed by atoms with van der Waals surface area (Å²) in [6.45, 7) is 1.90. The third-order valence-electron chi connectivity index (χ3n) is 2.95. The van der Waals surface area contributed by atoms with Crippen LogP contribution in [0.4, 0.5) is 11.6 Å². The Hall–Kier alpha value is -2.21. The number of nitrogens with one attached hydrogen (secondary N) is 1. The predicted octanol–water partition coefficient (Wildman–Crippen LogP) is 2.24. The number of esters is 1. The summed E-state index contributed by atoms with van der Waals surface area (Å²) in [6, 6.07) is 5.42. The molecule has 0 unspecified atom stereocenters. The normalized spacial score (nSPS) is 10.4. The zero-order valence-corrected chi connectivity index (χ0v) is 12.2. The van der Waals surface area contributed by atoms with Crippen LogP contribution in [-0.4, -0.2) is 29.9 Å². The van der Waals surface area contributed by atoms with Crippen LogP contribution in [0.5, 0.6) is 0 Å². The average Bonchev–Trinajstić information content (AvgIpc) is 2.78. The summed E-state index contributed by atoms with van der Waals surface area (Å²) in [4.78, 5) is 11.8. The number of anilines is 2. The first-order valence-electron chi connectivity index (χ1n) is 5.90. The van der Waals surface area contributed by atoms with Gasteiger partial charge in [0.1, 0.15) is 11.4 Å². The molecule has 106 valence electrons. The van der Waals surface area contributed by atoms with Crippen LogP contribution in [0.1, 0.15) is 15.9 Å². The van der Waals surface area contributed by atoms with Gasteiger partial charge in [0.2, 0.25) is 0 Å². The lowest BCUT2D eigenvalue weighted by Gasteiger charge is -2.06. The fourth-order valence-corrected chi connectivity index (χ4v) is 1.99. The highest BCUT2D eigenvalue weighted by atomic mass is 35.5. The number of nitrogens with zero attached hydrogens (tertiary/aromatic N) is 2. The number of nitrogens with two attached hydrogens (primary N) is 1. The Morgan fingerprint density at radius 3 is 2.75 bits per heavy atom. The van der Waals surface area contributed by atoms with Crippen molar-refractivity contribution < 1.29 is 9.53 Å². The van der Waals surface area contributed by atoms with Gasteiger partial charge < -0.3 is 15.8 Å². The van der Waals surface area contributed by atoms with Crippen molar-refractivity contribution >= 4 is 29.2 Å². The van der Waals surface area contributed by atoms with Crippen molar-refractivity contribution in [2.45, 2.75) is 6.92 Å². The van der Waals surface area contributed by atoms with E-state index in [1.807, 2.05) is 19.1 Å². The van der Waals surface area contributed by atoms with Gasteiger partial charge >= 0.3 is 5.97 Å². The van der Waals surface area contributed by atoms with Gasteiger partial charge in [-0.25, -0.2) is 9.48 Å². The van der Waals surface area contributed by atoms with Crippen LogP contribution in [0.2, 0.25) is 5.02 Å². The third kappa shape index (κ3) is 2.30. The standard InChI is InChI=1S/C13H15ClN4O2/c1-7-4-5-8(6-9(7)14)18-11(15)10(13(19)20-3)12(16-2)17-18/h4-6H,15H2,1-3H3,(H,16,17). The number of halogens is 1. The van der Waals surface area contributed by atoms with Crippen molar-refractivity contribution in [3.63, 3.8) is 0 Å². The number of nitrogen functional groups attached to an aromatic ring is 1. The molecular weight excluding hydrogens is 280 g/mol. The van der Waals surface area contributed by atoms with E-state index in [1.54, 1.807) is 13.1 Å². The fraction of sp³-hybridized carbons (Fsp3) is 0.231. The Labute approximate surface area is 121 Å². The Morgan fingerprint density at radius 2 is 2.20 bits per heavy atom. The fourth-order valence-electron chi connectivity index (χ4n) is 1.82. The molecule has 2 rings (SSSR count). The van der Waals surface area contributed by atoms with Gasteiger partial charge in [0.15, 0.2) is 5.82 Å². The lowest BCUT2D eigenvalue weighted by molar-refractivity contribution is 0.0603. The number of hydrogen-bond donors (Lipinski definition) is 2. The Morgan fingerprint density at radius 1 is 1.50 bits per heavy atom. The maximum absolute atomic E-state index is 11.8. The third-order valence-corrected chi connectivity index (χ3v) is 3.35. The number of methoxy groups -OCH3 is 1. The van der Waals surface area contributed by atoms with E-state index in [0.717, 1.165) is 5.56 Å². The number of benzene rings is 1. The Kier molecular flexibility index (Phi) is 3.85. The van der Waals surface area contributed by atoms with Crippen LogP contribution in [0, 0.1) is 6.92 Å². The van der Waals surface area contributed by atoms with Gasteiger partial charge in [-0.1, -0.05) is 17.7 Å². The maximum atomic E-state index is 11.8. The number of aromatic nitrogens is 2. The highest BCUT2D eigenvalue weighted by Gasteiger charge is 2.23. The number of carbonyl (C=O) groups is 1. The quantitative estimate of drug-likeness (QED) is 0.848. The molecule has 2 aromatic rings. The molecule has 0 aliphatic carbocycles. The van der Waals surface area contributed by atoms with E-state index in [0.29, 0.717) is 16.5 Å². The van der Waals surface area contributed by atoms with E-state index < -0.39 is 5.97 Å². The maximum Gasteiger partial charge on any atom is 0.345 e. The Balaban J connectivity index is 2.60. The zero-order valence-electron chi connectivity index (χ0n) is 11.4. The van der Waals surface area contributed by atoms with Crippen LogP contribution < -0.4 is 11.1 Å². The van der Waals surface area contributed by atoms with Crippen molar-refractivity contribution in [1.82, 2.24) is 9.78 Å². The van der Waals surface area contributed by atoms with Crippen molar-refractivity contribution in [2.24, 2.45) is 0 Å². The number of aryl methyl sites for hydroxylation is 1. The van der Waals surface area contributed by atoms with E-state index in [2.05, 4.69) is 10.4 Å². The topological polar surface area (TPSA) is 82.2 Å². The van der Waals surface area contributed by atoms with Crippen molar-refractivity contribution in [3.05, 3.63) is 34.3 Å². The molecule has 3 N–H and O–H groups in total. The smallest absolute Gasteiger partial charge is 0.345 e. The lowest BCUT2D eigenvalue weighted by atomic mass is 10.2. The second kappa shape index (κ2) is 5.42. The molecular formula is C13H15ClN4O2. The average molecular weight is 295 g/mol. The van der Waals surface area contributed by atoms with E-state index in [-0.39, 0.29) is 11.4 Å². The first-order valence-corrected chi connectivity index (χ1v) is 6.28. The van der Waals surface area contributed by atoms with Gasteiger partial charge in [-0.2, -0.15) is 0 Å². The van der Waals surface area contributed by atoms with Gasteiger partial charge in [-0.05, 0) is 24.6 Å². The van der Waals surface area contributed by atoms with Crippen LogP contribution in [0.15, 0.2) is 18.2 Å². The summed E-state index contributed by atoms with van der Waals surface area (Å²) in [5.41, 5.74) is 7.81. The molecule has 0 atom stereocenters. The van der Waals surface area contributed by atoms with Crippen molar-refractivity contribution in [1.29, 1.82) is 0 Å². The van der Waals surface area contributed by atoms with Crippen molar-refractivity contribution in [2.75, 3.05) is 25.2 Å². The minimum absolute atomic E-state index is 0.195. The van der Waals surface area contributed by atoms with E-state index >= 15 is 0 Å². The lowest BCUT2D eigenvalue weighted by Crippen LogP contribution is -2.08. The van der Waals surface area contributed by atoms with E-state index in [9.17, 15) is 4.79 Å². The van der Waals surface area contributed by atoms with E-state index in [4.69, 9.17) is 22.1 Å². The molecule has 0 fully saturated rings. The highest BCUT2D eigenvalue weighted by Crippen LogP contribution is 2.27. The number of ether oxygens (including phenoxy) is 1. The molecule has 7 heteroatoms. The highest BCUT2D eigenvalue weighted by molar-refractivity contribution is 6.31. The molecule has 6 nitrogen and oxygen atoms in total. The summed E-state index contributed by atoms with van der Waals surface area (Å²) >= 11 is 6.10. The summed E-state index contributed by atoms with van der Waals surface area (Å²) in [5.74, 6) is 0.00322. The minimum Gasteiger partial charge on any atom is -0.465 e. The largest absolute Gasteiger partial charge is 0.465 e. The minimum atomic E-state index is -0.545. The molecule has 1 aromatic heterocycles.